The van der Waals surface area contributed by atoms with Gasteiger partial charge in [0.2, 0.25) is 0 Å². The molecule has 1 aromatic carbocycles. The molecular formula is C16H22N2O. The summed E-state index contributed by atoms with van der Waals surface area (Å²) in [4.78, 5) is 0. The van der Waals surface area contributed by atoms with Crippen LogP contribution >= 0.6 is 0 Å². The van der Waals surface area contributed by atoms with Crippen LogP contribution in [0.1, 0.15) is 43.7 Å². The molecular weight excluding hydrogens is 236 g/mol. The Labute approximate surface area is 115 Å². The molecule has 0 heterocycles. The first-order valence-corrected chi connectivity index (χ1v) is 7.05. The Hall–Kier alpha value is -1.53. The van der Waals surface area contributed by atoms with E-state index in [2.05, 4.69) is 18.3 Å². The highest BCUT2D eigenvalue weighted by Crippen LogP contribution is 2.27. The van der Waals surface area contributed by atoms with E-state index >= 15 is 0 Å². The Balaban J connectivity index is 1.94. The van der Waals surface area contributed by atoms with E-state index in [9.17, 15) is 0 Å². The maximum absolute atomic E-state index is 8.96. The number of nitrogens with one attached hydrogen (secondary N) is 1. The Bertz CT molecular complexity index is 458. The van der Waals surface area contributed by atoms with E-state index < -0.39 is 0 Å². The van der Waals surface area contributed by atoms with Crippen LogP contribution in [-0.2, 0) is 6.54 Å². The van der Waals surface area contributed by atoms with Crippen molar-refractivity contribution in [2.24, 2.45) is 5.92 Å². The number of benzene rings is 1. The van der Waals surface area contributed by atoms with E-state index in [0.717, 1.165) is 12.5 Å². The predicted octanol–water partition coefficient (Wildman–Crippen LogP) is 3.24. The molecule has 3 nitrogen and oxygen atoms in total. The van der Waals surface area contributed by atoms with Crippen molar-refractivity contribution < 1.29 is 4.74 Å². The molecule has 0 spiro atoms. The molecule has 0 aliphatic heterocycles. The highest BCUT2D eigenvalue weighted by Gasteiger charge is 2.20. The zero-order valence-corrected chi connectivity index (χ0v) is 11.8. The van der Waals surface area contributed by atoms with Gasteiger partial charge in [0.1, 0.15) is 11.8 Å². The van der Waals surface area contributed by atoms with Crippen LogP contribution in [0.25, 0.3) is 0 Å². The third-order valence-corrected chi connectivity index (χ3v) is 4.12. The van der Waals surface area contributed by atoms with E-state index in [-0.39, 0.29) is 0 Å². The summed E-state index contributed by atoms with van der Waals surface area (Å²) in [5, 5.41) is 12.5. The van der Waals surface area contributed by atoms with Crippen molar-refractivity contribution in [3.8, 4) is 11.8 Å². The number of nitrogens with zero attached hydrogens (tertiary/aromatic N) is 1. The minimum Gasteiger partial charge on any atom is -0.495 e. The summed E-state index contributed by atoms with van der Waals surface area (Å²) in [6.45, 7) is 3.11. The van der Waals surface area contributed by atoms with Crippen LogP contribution in [0.3, 0.4) is 0 Å². The molecule has 1 N–H and O–H groups in total. The van der Waals surface area contributed by atoms with Crippen molar-refractivity contribution in [1.82, 2.24) is 5.32 Å². The summed E-state index contributed by atoms with van der Waals surface area (Å²) in [5.74, 6) is 1.48. The minimum absolute atomic E-state index is 0.559. The summed E-state index contributed by atoms with van der Waals surface area (Å²) in [6, 6.07) is 8.47. The molecule has 1 unspecified atom stereocenters. The summed E-state index contributed by atoms with van der Waals surface area (Å²) in [5.41, 5.74) is 1.76. The van der Waals surface area contributed by atoms with Gasteiger partial charge in [0.15, 0.2) is 0 Å². The van der Waals surface area contributed by atoms with Gasteiger partial charge in [0.25, 0.3) is 0 Å². The lowest BCUT2D eigenvalue weighted by molar-refractivity contribution is 0.379. The number of nitriles is 1. The Morgan fingerprint density at radius 3 is 2.79 bits per heavy atom. The molecule has 1 fully saturated rings. The van der Waals surface area contributed by atoms with Crippen LogP contribution in [0.5, 0.6) is 5.75 Å². The zero-order chi connectivity index (χ0) is 13.7. The summed E-state index contributed by atoms with van der Waals surface area (Å²) < 4.78 is 5.23. The second-order valence-corrected chi connectivity index (χ2v) is 5.36. The molecule has 0 amide bonds. The van der Waals surface area contributed by atoms with Gasteiger partial charge in [-0.25, -0.2) is 0 Å². The number of hydrogen-bond donors (Lipinski definition) is 1. The van der Waals surface area contributed by atoms with Gasteiger partial charge in [0, 0.05) is 12.6 Å². The van der Waals surface area contributed by atoms with Crippen molar-refractivity contribution in [3.63, 3.8) is 0 Å². The van der Waals surface area contributed by atoms with Gasteiger partial charge in [-0.2, -0.15) is 5.26 Å². The fourth-order valence-electron chi connectivity index (χ4n) is 2.84. The molecule has 2 rings (SSSR count). The lowest BCUT2D eigenvalue weighted by Gasteiger charge is -2.20. The predicted molar refractivity (Wildman–Crippen MR) is 76.0 cm³/mol. The normalized spacial score (nSPS) is 17.1. The average molecular weight is 258 g/mol. The van der Waals surface area contributed by atoms with Gasteiger partial charge >= 0.3 is 0 Å². The molecule has 0 radical (unpaired) electrons. The van der Waals surface area contributed by atoms with E-state index in [4.69, 9.17) is 10.00 Å². The molecule has 0 bridgehead atoms. The van der Waals surface area contributed by atoms with Crippen molar-refractivity contribution in [3.05, 3.63) is 29.3 Å². The van der Waals surface area contributed by atoms with Crippen LogP contribution < -0.4 is 10.1 Å². The Morgan fingerprint density at radius 2 is 2.16 bits per heavy atom. The molecule has 0 aromatic heterocycles. The molecule has 1 saturated carbocycles. The zero-order valence-electron chi connectivity index (χ0n) is 11.8. The van der Waals surface area contributed by atoms with Crippen LogP contribution in [-0.4, -0.2) is 13.2 Å². The monoisotopic (exact) mass is 258 g/mol. The van der Waals surface area contributed by atoms with Crippen LogP contribution in [0, 0.1) is 17.2 Å². The molecule has 3 heteroatoms. The second kappa shape index (κ2) is 6.58. The lowest BCUT2D eigenvalue weighted by Crippen LogP contribution is -2.31. The second-order valence-electron chi connectivity index (χ2n) is 5.36. The first-order valence-electron chi connectivity index (χ1n) is 7.05. The standard InChI is InChI=1S/C16H22N2O/c1-12(14-5-3-4-6-14)18-11-13-7-8-15(10-17)16(9-13)19-2/h7-9,12,14,18H,3-6,11H2,1-2H3. The first-order chi connectivity index (χ1) is 9.24. The number of hydrogen-bond acceptors (Lipinski definition) is 3. The molecule has 1 aliphatic rings. The summed E-state index contributed by atoms with van der Waals surface area (Å²) >= 11 is 0. The third kappa shape index (κ3) is 3.48. The van der Waals surface area contributed by atoms with Crippen molar-refractivity contribution >= 4 is 0 Å². The van der Waals surface area contributed by atoms with Crippen LogP contribution in [0.4, 0.5) is 0 Å². The molecule has 1 atom stereocenters. The minimum atomic E-state index is 0.559. The number of ether oxygens (including phenoxy) is 1. The molecule has 102 valence electrons. The molecule has 1 aliphatic carbocycles. The van der Waals surface area contributed by atoms with Gasteiger partial charge < -0.3 is 10.1 Å². The highest BCUT2D eigenvalue weighted by atomic mass is 16.5. The average Bonchev–Trinajstić information content (AvgIpc) is 2.98. The molecule has 19 heavy (non-hydrogen) atoms. The van der Waals surface area contributed by atoms with Gasteiger partial charge in [-0.05, 0) is 43.4 Å². The number of rotatable bonds is 5. The maximum Gasteiger partial charge on any atom is 0.136 e. The highest BCUT2D eigenvalue weighted by molar-refractivity contribution is 5.45. The maximum atomic E-state index is 8.96. The summed E-state index contributed by atoms with van der Waals surface area (Å²) in [6.07, 6.45) is 5.46. The van der Waals surface area contributed by atoms with E-state index in [0.29, 0.717) is 17.4 Å². The van der Waals surface area contributed by atoms with E-state index in [1.165, 1.54) is 31.2 Å². The number of methoxy groups -OCH3 is 1. The first kappa shape index (κ1) is 13.9. The molecule has 1 aromatic rings. The van der Waals surface area contributed by atoms with Crippen molar-refractivity contribution in [2.45, 2.75) is 45.2 Å². The largest absolute Gasteiger partial charge is 0.495 e. The van der Waals surface area contributed by atoms with Gasteiger partial charge in [-0.15, -0.1) is 0 Å². The fraction of sp³-hybridized carbons (Fsp3) is 0.562. The quantitative estimate of drug-likeness (QED) is 0.882. The van der Waals surface area contributed by atoms with Crippen LogP contribution in [0.2, 0.25) is 0 Å². The summed E-state index contributed by atoms with van der Waals surface area (Å²) in [7, 11) is 1.61. The third-order valence-electron chi connectivity index (χ3n) is 4.12. The van der Waals surface area contributed by atoms with Crippen molar-refractivity contribution in [2.75, 3.05) is 7.11 Å². The Morgan fingerprint density at radius 1 is 1.42 bits per heavy atom. The smallest absolute Gasteiger partial charge is 0.136 e. The topological polar surface area (TPSA) is 45.0 Å². The van der Waals surface area contributed by atoms with E-state index in [1.54, 1.807) is 7.11 Å². The van der Waals surface area contributed by atoms with Gasteiger partial charge in [-0.3, -0.25) is 0 Å². The lowest BCUT2D eigenvalue weighted by atomic mass is 9.99. The van der Waals surface area contributed by atoms with E-state index in [1.807, 2.05) is 18.2 Å². The van der Waals surface area contributed by atoms with Gasteiger partial charge in [-0.1, -0.05) is 18.9 Å². The van der Waals surface area contributed by atoms with Gasteiger partial charge in [0.05, 0.1) is 12.7 Å². The fourth-order valence-corrected chi connectivity index (χ4v) is 2.84. The Kier molecular flexibility index (Phi) is 4.81. The molecule has 0 saturated heterocycles. The van der Waals surface area contributed by atoms with Crippen molar-refractivity contribution in [1.29, 1.82) is 5.26 Å². The van der Waals surface area contributed by atoms with Crippen LogP contribution in [0.15, 0.2) is 18.2 Å². The SMILES string of the molecule is COc1cc(CNC(C)C2CCCC2)ccc1C#N.